The van der Waals surface area contributed by atoms with Crippen molar-refractivity contribution >= 4 is 0 Å². The molecule has 2 unspecified atom stereocenters. The second-order valence-corrected chi connectivity index (χ2v) is 11.9. The highest BCUT2D eigenvalue weighted by atomic mass is 16.8. The molecule has 45 heavy (non-hydrogen) atoms. The molecule has 0 aromatic rings. The fourth-order valence-corrected chi connectivity index (χ4v) is 4.75. The maximum atomic E-state index is 6.04. The van der Waals surface area contributed by atoms with Crippen LogP contribution < -0.4 is 0 Å². The first-order valence-electron chi connectivity index (χ1n) is 18.7. The van der Waals surface area contributed by atoms with Gasteiger partial charge < -0.3 is 33.2 Å². The summed E-state index contributed by atoms with van der Waals surface area (Å²) >= 11 is 0. The van der Waals surface area contributed by atoms with E-state index in [9.17, 15) is 0 Å². The highest BCUT2D eigenvalue weighted by molar-refractivity contribution is 4.89. The van der Waals surface area contributed by atoms with Crippen molar-refractivity contribution in [2.75, 3.05) is 40.6 Å². The van der Waals surface area contributed by atoms with Gasteiger partial charge >= 0.3 is 0 Å². The molecule has 0 aliphatic heterocycles. The average molecular weight is 643 g/mol. The van der Waals surface area contributed by atoms with Crippen LogP contribution in [-0.4, -0.2) is 65.8 Å². The van der Waals surface area contributed by atoms with Crippen LogP contribution in [0.2, 0.25) is 0 Å². The normalized spacial score (nSPS) is 13.7. The minimum Gasteiger partial charge on any atom is -0.353 e. The van der Waals surface area contributed by atoms with Crippen LogP contribution in [0.4, 0.5) is 0 Å². The summed E-state index contributed by atoms with van der Waals surface area (Å²) < 4.78 is 41.2. The third-order valence-corrected chi connectivity index (χ3v) is 7.65. The first-order valence-corrected chi connectivity index (χ1v) is 18.7. The zero-order chi connectivity index (χ0) is 33.1. The summed E-state index contributed by atoms with van der Waals surface area (Å²) in [4.78, 5) is 0. The Kier molecular flexibility index (Phi) is 35.4. The molecular formula is C38H74O7. The summed E-state index contributed by atoms with van der Waals surface area (Å²) in [5, 5.41) is 0. The second-order valence-electron chi connectivity index (χ2n) is 11.9. The number of rotatable bonds is 36. The molecule has 0 rings (SSSR count). The number of ether oxygens (including phenoxy) is 7. The van der Waals surface area contributed by atoms with Gasteiger partial charge in [-0.25, -0.2) is 0 Å². The van der Waals surface area contributed by atoms with Crippen molar-refractivity contribution in [2.45, 2.75) is 181 Å². The van der Waals surface area contributed by atoms with Gasteiger partial charge in [-0.3, -0.25) is 0 Å². The molecular weight excluding hydrogens is 568 g/mol. The molecule has 268 valence electrons. The van der Waals surface area contributed by atoms with E-state index in [-0.39, 0.29) is 12.6 Å². The summed E-state index contributed by atoms with van der Waals surface area (Å²) in [6, 6.07) is 0. The van der Waals surface area contributed by atoms with E-state index in [1.807, 2.05) is 12.2 Å². The van der Waals surface area contributed by atoms with Gasteiger partial charge in [0.25, 0.3) is 0 Å². The maximum Gasteiger partial charge on any atom is 0.179 e. The van der Waals surface area contributed by atoms with E-state index >= 15 is 0 Å². The van der Waals surface area contributed by atoms with Gasteiger partial charge in [0.2, 0.25) is 0 Å². The molecule has 0 N–H and O–H groups in total. The number of methoxy groups -OCH3 is 2. The van der Waals surface area contributed by atoms with Crippen LogP contribution in [0.1, 0.15) is 156 Å². The van der Waals surface area contributed by atoms with Crippen molar-refractivity contribution in [3.05, 3.63) is 24.3 Å². The third kappa shape index (κ3) is 30.3. The Morgan fingerprint density at radius 2 is 0.756 bits per heavy atom. The lowest BCUT2D eigenvalue weighted by molar-refractivity contribution is -0.188. The summed E-state index contributed by atoms with van der Waals surface area (Å²) in [6.45, 7) is 12.0. The van der Waals surface area contributed by atoms with Crippen LogP contribution in [0.3, 0.4) is 0 Å². The van der Waals surface area contributed by atoms with Crippen molar-refractivity contribution < 1.29 is 33.2 Å². The Labute approximate surface area is 279 Å². The van der Waals surface area contributed by atoms with Gasteiger partial charge in [-0.1, -0.05) is 91.2 Å². The van der Waals surface area contributed by atoms with Gasteiger partial charge in [0.05, 0.1) is 0 Å². The SMILES string of the molecule is CCCCCOC(CCCCC=CC(OC)OC(C=CCCCCC(OCCCCC)OCCCCC)OC)OCCCCC. The number of allylic oxidation sites excluding steroid dienone is 2. The molecule has 0 heterocycles. The second kappa shape index (κ2) is 36.0. The summed E-state index contributed by atoms with van der Waals surface area (Å²) in [6.07, 6.45) is 29.3. The highest BCUT2D eigenvalue weighted by Gasteiger charge is 2.12. The van der Waals surface area contributed by atoms with Crippen molar-refractivity contribution in [3.8, 4) is 0 Å². The van der Waals surface area contributed by atoms with Crippen LogP contribution in [-0.2, 0) is 33.2 Å². The first kappa shape index (κ1) is 44.2. The molecule has 0 aliphatic rings. The lowest BCUT2D eigenvalue weighted by Crippen LogP contribution is -2.22. The van der Waals surface area contributed by atoms with Gasteiger partial charge in [0.1, 0.15) is 0 Å². The largest absolute Gasteiger partial charge is 0.353 e. The molecule has 0 aromatic carbocycles. The molecule has 0 aliphatic carbocycles. The Bertz CT molecular complexity index is 551. The first-order chi connectivity index (χ1) is 22.1. The van der Waals surface area contributed by atoms with E-state index in [4.69, 9.17) is 33.2 Å². The predicted octanol–water partition coefficient (Wildman–Crippen LogP) is 10.7. The molecule has 0 saturated carbocycles. The lowest BCUT2D eigenvalue weighted by atomic mass is 10.1. The van der Waals surface area contributed by atoms with Gasteiger partial charge in [-0.15, -0.1) is 0 Å². The van der Waals surface area contributed by atoms with Crippen LogP contribution in [0.5, 0.6) is 0 Å². The molecule has 2 atom stereocenters. The van der Waals surface area contributed by atoms with Gasteiger partial charge in [0.15, 0.2) is 25.2 Å². The predicted molar refractivity (Wildman–Crippen MR) is 187 cm³/mol. The van der Waals surface area contributed by atoms with Crippen molar-refractivity contribution in [3.63, 3.8) is 0 Å². The highest BCUT2D eigenvalue weighted by Crippen LogP contribution is 2.14. The van der Waals surface area contributed by atoms with E-state index in [1.54, 1.807) is 14.2 Å². The number of hydrogen-bond acceptors (Lipinski definition) is 7. The smallest absolute Gasteiger partial charge is 0.179 e. The topological polar surface area (TPSA) is 64.6 Å². The number of unbranched alkanes of at least 4 members (excludes halogenated alkanes) is 12. The molecule has 7 heteroatoms. The molecule has 0 radical (unpaired) electrons. The molecule has 0 spiro atoms. The molecule has 0 amide bonds. The number of hydrogen-bond donors (Lipinski definition) is 0. The van der Waals surface area contributed by atoms with Crippen molar-refractivity contribution in [1.29, 1.82) is 0 Å². The standard InChI is InChI=1S/C38H74O7/c1-7-11-23-31-41-37(42-32-24-12-8-2)29-21-17-15-19-27-35(39-5)45-36(40-6)28-20-16-18-22-30-38(43-33-25-13-9-3)44-34-26-14-10-4/h19-20,27-28,35-38H,7-18,21-26,29-34H2,1-6H3. The van der Waals surface area contributed by atoms with Gasteiger partial charge in [-0.2, -0.15) is 0 Å². The Balaban J connectivity index is 4.37. The zero-order valence-electron chi connectivity index (χ0n) is 30.4. The monoisotopic (exact) mass is 643 g/mol. The van der Waals surface area contributed by atoms with Crippen LogP contribution in [0, 0.1) is 0 Å². The lowest BCUT2D eigenvalue weighted by Gasteiger charge is -2.19. The van der Waals surface area contributed by atoms with Gasteiger partial charge in [-0.05, 0) is 89.2 Å². The third-order valence-electron chi connectivity index (χ3n) is 7.65. The fourth-order valence-electron chi connectivity index (χ4n) is 4.75. The van der Waals surface area contributed by atoms with Crippen LogP contribution >= 0.6 is 0 Å². The molecule has 0 saturated heterocycles. The van der Waals surface area contributed by atoms with Crippen LogP contribution in [0.15, 0.2) is 24.3 Å². The average Bonchev–Trinajstić information content (AvgIpc) is 3.06. The zero-order valence-corrected chi connectivity index (χ0v) is 30.4. The Hall–Kier alpha value is -0.800. The Morgan fingerprint density at radius 1 is 0.422 bits per heavy atom. The maximum absolute atomic E-state index is 6.04. The summed E-state index contributed by atoms with van der Waals surface area (Å²) in [5.74, 6) is 0. The molecule has 0 aromatic heterocycles. The summed E-state index contributed by atoms with van der Waals surface area (Å²) in [7, 11) is 3.32. The van der Waals surface area contributed by atoms with E-state index in [1.165, 1.54) is 51.4 Å². The van der Waals surface area contributed by atoms with Crippen LogP contribution in [0.25, 0.3) is 0 Å². The van der Waals surface area contributed by atoms with Crippen molar-refractivity contribution in [1.82, 2.24) is 0 Å². The quantitative estimate of drug-likeness (QED) is 0.0383. The molecule has 7 nitrogen and oxygen atoms in total. The molecule has 0 bridgehead atoms. The van der Waals surface area contributed by atoms with E-state index in [0.717, 1.165) is 103 Å². The van der Waals surface area contributed by atoms with Gasteiger partial charge in [0, 0.05) is 40.6 Å². The minimum absolute atomic E-state index is 0.0822. The fraction of sp³-hybridized carbons (Fsp3) is 0.895. The van der Waals surface area contributed by atoms with E-state index in [2.05, 4.69) is 39.8 Å². The molecule has 0 fully saturated rings. The summed E-state index contributed by atoms with van der Waals surface area (Å²) in [5.41, 5.74) is 0. The van der Waals surface area contributed by atoms with Crippen molar-refractivity contribution in [2.24, 2.45) is 0 Å². The van der Waals surface area contributed by atoms with E-state index < -0.39 is 12.6 Å². The minimum atomic E-state index is -0.452. The van der Waals surface area contributed by atoms with E-state index in [0.29, 0.717) is 0 Å². The Morgan fingerprint density at radius 3 is 1.04 bits per heavy atom.